The molecule has 0 atom stereocenters. The minimum absolute atomic E-state index is 0.0598. The van der Waals surface area contributed by atoms with Crippen LogP contribution >= 0.6 is 0 Å². The lowest BCUT2D eigenvalue weighted by molar-refractivity contribution is 0.0322. The Morgan fingerprint density at radius 1 is 1.29 bits per heavy atom. The predicted molar refractivity (Wildman–Crippen MR) is 75.9 cm³/mol. The van der Waals surface area contributed by atoms with E-state index in [2.05, 4.69) is 4.90 Å². The van der Waals surface area contributed by atoms with Crippen molar-refractivity contribution in [1.29, 1.82) is 0 Å². The minimum atomic E-state index is -1.07. The number of fused-ring (bicyclic) bond motifs is 1. The van der Waals surface area contributed by atoms with Gasteiger partial charge in [0.2, 0.25) is 5.76 Å². The Balaban J connectivity index is 1.60. The van der Waals surface area contributed by atoms with Gasteiger partial charge in [0.25, 0.3) is 0 Å². The van der Waals surface area contributed by atoms with Crippen LogP contribution in [0, 0.1) is 0 Å². The highest BCUT2D eigenvalue weighted by molar-refractivity contribution is 5.91. The van der Waals surface area contributed by atoms with Gasteiger partial charge in [0.15, 0.2) is 0 Å². The summed E-state index contributed by atoms with van der Waals surface area (Å²) in [5.74, 6) is -0.412. The van der Waals surface area contributed by atoms with Gasteiger partial charge in [-0.1, -0.05) is 0 Å². The number of hydrogen-bond acceptors (Lipinski definition) is 5. The average molecular weight is 291 g/mol. The van der Waals surface area contributed by atoms with Crippen LogP contribution in [0.1, 0.15) is 10.6 Å². The second-order valence-electron chi connectivity index (χ2n) is 4.92. The lowest BCUT2D eigenvalue weighted by Crippen LogP contribution is -2.38. The monoisotopic (exact) mass is 291 g/mol. The minimum Gasteiger partial charge on any atom is -0.492 e. The van der Waals surface area contributed by atoms with Crippen molar-refractivity contribution in [3.8, 4) is 5.75 Å². The molecule has 0 spiro atoms. The molecule has 6 nitrogen and oxygen atoms in total. The summed E-state index contributed by atoms with van der Waals surface area (Å²) >= 11 is 0. The summed E-state index contributed by atoms with van der Waals surface area (Å²) in [7, 11) is 0. The van der Waals surface area contributed by atoms with E-state index in [1.54, 1.807) is 18.2 Å². The van der Waals surface area contributed by atoms with Gasteiger partial charge in [-0.05, 0) is 24.3 Å². The SMILES string of the molecule is O=C(O)c1cc2cc(OCCN3CCOCC3)ccc2o1. The number of carboxylic acid groups (broad SMARTS) is 1. The number of furan rings is 1. The molecule has 1 saturated heterocycles. The van der Waals surface area contributed by atoms with E-state index in [4.69, 9.17) is 19.0 Å². The number of morpholine rings is 1. The van der Waals surface area contributed by atoms with Gasteiger partial charge in [0, 0.05) is 25.0 Å². The Hall–Kier alpha value is -2.05. The molecule has 0 amide bonds. The van der Waals surface area contributed by atoms with Crippen molar-refractivity contribution in [3.05, 3.63) is 30.0 Å². The zero-order valence-corrected chi connectivity index (χ0v) is 11.6. The number of aromatic carboxylic acids is 1. The topological polar surface area (TPSA) is 72.1 Å². The maximum absolute atomic E-state index is 10.9. The molecular weight excluding hydrogens is 274 g/mol. The lowest BCUT2D eigenvalue weighted by Gasteiger charge is -2.26. The van der Waals surface area contributed by atoms with E-state index < -0.39 is 5.97 Å². The van der Waals surface area contributed by atoms with Crippen LogP contribution in [0.4, 0.5) is 0 Å². The summed E-state index contributed by atoms with van der Waals surface area (Å²) in [6.45, 7) is 4.87. The molecule has 1 aromatic heterocycles. The second-order valence-corrected chi connectivity index (χ2v) is 4.92. The smallest absolute Gasteiger partial charge is 0.371 e. The molecule has 3 rings (SSSR count). The molecular formula is C15H17NO5. The van der Waals surface area contributed by atoms with Gasteiger partial charge < -0.3 is 19.0 Å². The largest absolute Gasteiger partial charge is 0.492 e. The van der Waals surface area contributed by atoms with Crippen LogP contribution in [0.25, 0.3) is 11.0 Å². The van der Waals surface area contributed by atoms with Gasteiger partial charge in [-0.15, -0.1) is 0 Å². The van der Waals surface area contributed by atoms with E-state index in [9.17, 15) is 4.79 Å². The van der Waals surface area contributed by atoms with Crippen molar-refractivity contribution in [1.82, 2.24) is 4.90 Å². The first-order valence-corrected chi connectivity index (χ1v) is 6.92. The molecule has 1 aliphatic heterocycles. The normalized spacial score (nSPS) is 16.2. The van der Waals surface area contributed by atoms with E-state index >= 15 is 0 Å². The quantitative estimate of drug-likeness (QED) is 0.906. The van der Waals surface area contributed by atoms with Crippen LogP contribution in [0.15, 0.2) is 28.7 Å². The molecule has 0 saturated carbocycles. The molecule has 2 aromatic rings. The maximum atomic E-state index is 10.9. The molecule has 6 heteroatoms. The third-order valence-electron chi connectivity index (χ3n) is 3.48. The van der Waals surface area contributed by atoms with Crippen molar-refractivity contribution >= 4 is 16.9 Å². The average Bonchev–Trinajstić information content (AvgIpc) is 2.92. The van der Waals surface area contributed by atoms with Crippen molar-refractivity contribution in [2.45, 2.75) is 0 Å². The summed E-state index contributed by atoms with van der Waals surface area (Å²) in [5, 5.41) is 9.63. The second kappa shape index (κ2) is 6.15. The molecule has 1 aromatic carbocycles. The Kier molecular flexibility index (Phi) is 4.08. The van der Waals surface area contributed by atoms with Gasteiger partial charge in [0.05, 0.1) is 13.2 Å². The summed E-state index contributed by atoms with van der Waals surface area (Å²) in [4.78, 5) is 13.2. The van der Waals surface area contributed by atoms with E-state index in [0.29, 0.717) is 17.9 Å². The zero-order valence-electron chi connectivity index (χ0n) is 11.6. The zero-order chi connectivity index (χ0) is 14.7. The number of benzene rings is 1. The van der Waals surface area contributed by atoms with Crippen molar-refractivity contribution in [2.24, 2.45) is 0 Å². The molecule has 1 N–H and O–H groups in total. The van der Waals surface area contributed by atoms with Crippen LogP contribution in [-0.4, -0.2) is 55.4 Å². The molecule has 0 unspecified atom stereocenters. The highest BCUT2D eigenvalue weighted by Crippen LogP contribution is 2.24. The summed E-state index contributed by atoms with van der Waals surface area (Å²) in [6, 6.07) is 6.82. The molecule has 2 heterocycles. The fourth-order valence-corrected chi connectivity index (χ4v) is 2.33. The van der Waals surface area contributed by atoms with Gasteiger partial charge in [-0.25, -0.2) is 4.79 Å². The Morgan fingerprint density at radius 3 is 2.86 bits per heavy atom. The van der Waals surface area contributed by atoms with E-state index in [0.717, 1.165) is 38.2 Å². The number of nitrogens with zero attached hydrogens (tertiary/aromatic N) is 1. The van der Waals surface area contributed by atoms with Gasteiger partial charge in [0.1, 0.15) is 17.9 Å². The number of carboxylic acids is 1. The Labute approximate surface area is 121 Å². The van der Waals surface area contributed by atoms with Gasteiger partial charge in [-0.2, -0.15) is 0 Å². The Morgan fingerprint density at radius 2 is 2.10 bits per heavy atom. The summed E-state index contributed by atoms with van der Waals surface area (Å²) in [6.07, 6.45) is 0. The van der Waals surface area contributed by atoms with Gasteiger partial charge >= 0.3 is 5.97 Å². The van der Waals surface area contributed by atoms with Crippen molar-refractivity contribution in [3.63, 3.8) is 0 Å². The first-order valence-electron chi connectivity index (χ1n) is 6.92. The first-order chi connectivity index (χ1) is 10.2. The van der Waals surface area contributed by atoms with Gasteiger partial charge in [-0.3, -0.25) is 4.90 Å². The van der Waals surface area contributed by atoms with Crippen molar-refractivity contribution < 1.29 is 23.8 Å². The van der Waals surface area contributed by atoms with E-state index in [-0.39, 0.29) is 5.76 Å². The van der Waals surface area contributed by atoms with Crippen LogP contribution in [0.2, 0.25) is 0 Å². The molecule has 1 aliphatic rings. The predicted octanol–water partition coefficient (Wildman–Crippen LogP) is 1.84. The molecule has 21 heavy (non-hydrogen) atoms. The lowest BCUT2D eigenvalue weighted by atomic mass is 10.2. The Bertz CT molecular complexity index is 630. The third kappa shape index (κ3) is 3.34. The fraction of sp³-hybridized carbons (Fsp3) is 0.400. The third-order valence-corrected chi connectivity index (χ3v) is 3.48. The van der Waals surface area contributed by atoms with E-state index in [1.165, 1.54) is 6.07 Å². The standard InChI is InChI=1S/C15H17NO5/c17-15(18)14-10-11-9-12(1-2-13(11)21-14)20-8-5-16-3-6-19-7-4-16/h1-2,9-10H,3-8H2,(H,17,18). The number of rotatable bonds is 5. The fourth-order valence-electron chi connectivity index (χ4n) is 2.33. The van der Waals surface area contributed by atoms with Crippen LogP contribution in [0.3, 0.4) is 0 Å². The molecule has 0 radical (unpaired) electrons. The molecule has 112 valence electrons. The van der Waals surface area contributed by atoms with Crippen LogP contribution in [-0.2, 0) is 4.74 Å². The van der Waals surface area contributed by atoms with E-state index in [1.807, 2.05) is 0 Å². The summed E-state index contributed by atoms with van der Waals surface area (Å²) in [5.41, 5.74) is 0.549. The molecule has 0 bridgehead atoms. The van der Waals surface area contributed by atoms with Crippen LogP contribution in [0.5, 0.6) is 5.75 Å². The maximum Gasteiger partial charge on any atom is 0.371 e. The van der Waals surface area contributed by atoms with Crippen molar-refractivity contribution in [2.75, 3.05) is 39.5 Å². The highest BCUT2D eigenvalue weighted by Gasteiger charge is 2.12. The first kappa shape index (κ1) is 13.9. The molecule has 0 aliphatic carbocycles. The number of carbonyl (C=O) groups is 1. The highest BCUT2D eigenvalue weighted by atomic mass is 16.5. The molecule has 1 fully saturated rings. The van der Waals surface area contributed by atoms with Crippen LogP contribution < -0.4 is 4.74 Å². The number of ether oxygens (including phenoxy) is 2. The summed E-state index contributed by atoms with van der Waals surface area (Å²) < 4.78 is 16.2. The number of hydrogen-bond donors (Lipinski definition) is 1.